The summed E-state index contributed by atoms with van der Waals surface area (Å²) in [6, 6.07) is 5.53. The molecule has 3 N–H and O–H groups in total. The molecule has 5 nitrogen and oxygen atoms in total. The Bertz CT molecular complexity index is 403. The van der Waals surface area contributed by atoms with E-state index in [9.17, 15) is 9.59 Å². The highest BCUT2D eigenvalue weighted by Gasteiger charge is 2.16. The molecule has 0 fully saturated rings. The Morgan fingerprint density at radius 2 is 1.88 bits per heavy atom. The second-order valence-electron chi connectivity index (χ2n) is 3.41. The number of amides is 1. The van der Waals surface area contributed by atoms with Gasteiger partial charge in [-0.1, -0.05) is 12.1 Å². The second kappa shape index (κ2) is 5.27. The molecule has 0 saturated heterocycles. The van der Waals surface area contributed by atoms with Gasteiger partial charge in [0.25, 0.3) is 5.91 Å². The van der Waals surface area contributed by atoms with Crippen LogP contribution in [-0.2, 0) is 0 Å². The van der Waals surface area contributed by atoms with Crippen molar-refractivity contribution >= 4 is 11.9 Å². The molecule has 0 saturated carbocycles. The van der Waals surface area contributed by atoms with E-state index in [1.54, 1.807) is 19.1 Å². The number of carboxylic acid groups (broad SMARTS) is 1. The van der Waals surface area contributed by atoms with Crippen LogP contribution in [0.4, 0.5) is 0 Å². The van der Waals surface area contributed by atoms with E-state index >= 15 is 0 Å². The topological polar surface area (TPSA) is 86.6 Å². The molecule has 1 atom stereocenters. The van der Waals surface area contributed by atoms with Crippen LogP contribution in [-0.4, -0.2) is 34.7 Å². The number of aliphatic hydroxyl groups excluding tert-OH is 1. The van der Waals surface area contributed by atoms with Gasteiger partial charge in [-0.2, -0.15) is 0 Å². The molecule has 0 aliphatic rings. The van der Waals surface area contributed by atoms with Crippen LogP contribution in [0.1, 0.15) is 27.6 Å². The third-order valence-electron chi connectivity index (χ3n) is 2.05. The summed E-state index contributed by atoms with van der Waals surface area (Å²) in [4.78, 5) is 22.5. The number of carbonyl (C=O) groups is 2. The molecule has 1 amide bonds. The summed E-state index contributed by atoms with van der Waals surface area (Å²) in [5.41, 5.74) is 0.0421. The van der Waals surface area contributed by atoms with Gasteiger partial charge in [-0.15, -0.1) is 0 Å². The van der Waals surface area contributed by atoms with Gasteiger partial charge in [-0.05, 0) is 19.1 Å². The van der Waals surface area contributed by atoms with Gasteiger partial charge < -0.3 is 15.5 Å². The number of aliphatic hydroxyl groups is 1. The molecule has 5 heteroatoms. The number of rotatable bonds is 4. The normalized spacial score (nSPS) is 11.9. The molecule has 0 radical (unpaired) electrons. The van der Waals surface area contributed by atoms with Crippen molar-refractivity contribution in [3.63, 3.8) is 0 Å². The largest absolute Gasteiger partial charge is 0.478 e. The Morgan fingerprint density at radius 3 is 2.38 bits per heavy atom. The Labute approximate surface area is 92.7 Å². The molecule has 86 valence electrons. The lowest BCUT2D eigenvalue weighted by Crippen LogP contribution is -2.35. The lowest BCUT2D eigenvalue weighted by molar-refractivity contribution is 0.0690. The van der Waals surface area contributed by atoms with E-state index in [1.807, 2.05) is 0 Å². The smallest absolute Gasteiger partial charge is 0.336 e. The first-order valence-electron chi connectivity index (χ1n) is 4.80. The summed E-state index contributed by atoms with van der Waals surface area (Å²) >= 11 is 0. The van der Waals surface area contributed by atoms with Crippen LogP contribution in [0, 0.1) is 0 Å². The van der Waals surface area contributed by atoms with Crippen LogP contribution in [0.3, 0.4) is 0 Å². The molecule has 0 spiro atoms. The minimum absolute atomic E-state index is 0.0508. The van der Waals surface area contributed by atoms with Crippen molar-refractivity contribution in [2.45, 2.75) is 13.0 Å². The van der Waals surface area contributed by atoms with Crippen LogP contribution >= 0.6 is 0 Å². The minimum atomic E-state index is -1.15. The molecule has 0 unspecified atom stereocenters. The van der Waals surface area contributed by atoms with E-state index in [0.29, 0.717) is 0 Å². The highest BCUT2D eigenvalue weighted by atomic mass is 16.4. The van der Waals surface area contributed by atoms with Crippen molar-refractivity contribution in [3.8, 4) is 0 Å². The maximum absolute atomic E-state index is 11.7. The summed E-state index contributed by atoms with van der Waals surface area (Å²) in [6.07, 6.45) is 0. The summed E-state index contributed by atoms with van der Waals surface area (Å²) in [5.74, 6) is -1.65. The molecular weight excluding hydrogens is 210 g/mol. The number of hydrogen-bond acceptors (Lipinski definition) is 3. The molecule has 1 rings (SSSR count). The molecule has 1 aromatic rings. The fourth-order valence-electron chi connectivity index (χ4n) is 1.21. The fourth-order valence-corrected chi connectivity index (χ4v) is 1.21. The van der Waals surface area contributed by atoms with E-state index in [0.717, 1.165) is 0 Å². The van der Waals surface area contributed by atoms with Crippen LogP contribution in [0.5, 0.6) is 0 Å². The van der Waals surface area contributed by atoms with Crippen LogP contribution in [0.2, 0.25) is 0 Å². The molecule has 0 heterocycles. The first kappa shape index (κ1) is 12.2. The van der Waals surface area contributed by atoms with Crippen LogP contribution in [0.15, 0.2) is 24.3 Å². The van der Waals surface area contributed by atoms with E-state index in [4.69, 9.17) is 10.2 Å². The SMILES string of the molecule is C[C@@H](CO)NC(=O)c1ccccc1C(=O)O. The molecule has 1 aromatic carbocycles. The fraction of sp³-hybridized carbons (Fsp3) is 0.273. The summed E-state index contributed by atoms with van der Waals surface area (Å²) in [6.45, 7) is 1.43. The zero-order chi connectivity index (χ0) is 12.1. The minimum Gasteiger partial charge on any atom is -0.478 e. The zero-order valence-corrected chi connectivity index (χ0v) is 8.80. The van der Waals surface area contributed by atoms with E-state index < -0.39 is 17.9 Å². The number of carbonyl (C=O) groups excluding carboxylic acids is 1. The van der Waals surface area contributed by atoms with Gasteiger partial charge in [0.2, 0.25) is 0 Å². The van der Waals surface area contributed by atoms with Gasteiger partial charge >= 0.3 is 5.97 Å². The Morgan fingerprint density at radius 1 is 1.31 bits per heavy atom. The summed E-state index contributed by atoms with van der Waals surface area (Å²) < 4.78 is 0. The predicted molar refractivity (Wildman–Crippen MR) is 57.4 cm³/mol. The third-order valence-corrected chi connectivity index (χ3v) is 2.05. The molecule has 0 aliphatic heterocycles. The number of nitrogens with one attached hydrogen (secondary N) is 1. The lowest BCUT2D eigenvalue weighted by atomic mass is 10.1. The van der Waals surface area contributed by atoms with Gasteiger partial charge in [-0.25, -0.2) is 4.79 Å². The highest BCUT2D eigenvalue weighted by Crippen LogP contribution is 2.08. The lowest BCUT2D eigenvalue weighted by Gasteiger charge is -2.11. The van der Waals surface area contributed by atoms with E-state index in [2.05, 4.69) is 5.32 Å². The average Bonchev–Trinajstić information content (AvgIpc) is 2.28. The van der Waals surface area contributed by atoms with Crippen LogP contribution in [0.25, 0.3) is 0 Å². The number of benzene rings is 1. The maximum atomic E-state index is 11.7. The molecule has 0 aliphatic carbocycles. The highest BCUT2D eigenvalue weighted by molar-refractivity contribution is 6.04. The number of aromatic carboxylic acids is 1. The van der Waals surface area contributed by atoms with Crippen LogP contribution < -0.4 is 5.32 Å². The molecule has 0 bridgehead atoms. The summed E-state index contributed by atoms with van der Waals surface area (Å²) in [5, 5.41) is 20.1. The Hall–Kier alpha value is -1.88. The van der Waals surface area contributed by atoms with Gasteiger partial charge in [0.15, 0.2) is 0 Å². The standard InChI is InChI=1S/C11H13NO4/c1-7(6-13)12-10(14)8-4-2-3-5-9(8)11(15)16/h2-5,7,13H,6H2,1H3,(H,12,14)(H,15,16)/t7-/m0/s1. The van der Waals surface area contributed by atoms with Crippen molar-refractivity contribution in [3.05, 3.63) is 35.4 Å². The van der Waals surface area contributed by atoms with Crippen molar-refractivity contribution in [1.29, 1.82) is 0 Å². The van der Waals surface area contributed by atoms with Crippen molar-refractivity contribution in [2.75, 3.05) is 6.61 Å². The Kier molecular flexibility index (Phi) is 4.02. The zero-order valence-electron chi connectivity index (χ0n) is 8.80. The van der Waals surface area contributed by atoms with E-state index in [1.165, 1.54) is 12.1 Å². The number of carboxylic acids is 1. The molecular formula is C11H13NO4. The van der Waals surface area contributed by atoms with Gasteiger partial charge in [0.1, 0.15) is 0 Å². The first-order chi connectivity index (χ1) is 7.56. The first-order valence-corrected chi connectivity index (χ1v) is 4.80. The quantitative estimate of drug-likeness (QED) is 0.693. The third kappa shape index (κ3) is 2.80. The summed E-state index contributed by atoms with van der Waals surface area (Å²) in [7, 11) is 0. The van der Waals surface area contributed by atoms with Crippen molar-refractivity contribution in [2.24, 2.45) is 0 Å². The average molecular weight is 223 g/mol. The maximum Gasteiger partial charge on any atom is 0.336 e. The second-order valence-corrected chi connectivity index (χ2v) is 3.41. The van der Waals surface area contributed by atoms with Gasteiger partial charge in [-0.3, -0.25) is 4.79 Å². The van der Waals surface area contributed by atoms with Gasteiger partial charge in [0, 0.05) is 6.04 Å². The monoisotopic (exact) mass is 223 g/mol. The van der Waals surface area contributed by atoms with Gasteiger partial charge in [0.05, 0.1) is 17.7 Å². The van der Waals surface area contributed by atoms with Crippen molar-refractivity contribution < 1.29 is 19.8 Å². The molecule has 0 aromatic heterocycles. The van der Waals surface area contributed by atoms with E-state index in [-0.39, 0.29) is 17.7 Å². The predicted octanol–water partition coefficient (Wildman–Crippen LogP) is 0.495. The molecule has 16 heavy (non-hydrogen) atoms. The Balaban J connectivity index is 2.95. The van der Waals surface area contributed by atoms with Crippen molar-refractivity contribution in [1.82, 2.24) is 5.32 Å². The number of hydrogen-bond donors (Lipinski definition) is 3.